The Kier molecular flexibility index (Phi) is 2.37. The minimum atomic E-state index is -0.497. The number of methoxy groups -OCH3 is 1. The van der Waals surface area contributed by atoms with Crippen molar-refractivity contribution in [1.29, 1.82) is 5.26 Å². The van der Waals surface area contributed by atoms with Gasteiger partial charge in [-0.2, -0.15) is 5.26 Å². The van der Waals surface area contributed by atoms with Crippen molar-refractivity contribution in [1.82, 2.24) is 0 Å². The Morgan fingerprint density at radius 3 is 2.75 bits per heavy atom. The van der Waals surface area contributed by atoms with Crippen molar-refractivity contribution < 1.29 is 14.2 Å². The van der Waals surface area contributed by atoms with E-state index in [1.165, 1.54) is 31.4 Å². The highest BCUT2D eigenvalue weighted by Gasteiger charge is 2.12. The van der Waals surface area contributed by atoms with Crippen molar-refractivity contribution in [3.05, 3.63) is 35.6 Å². The number of phenols is 1. The van der Waals surface area contributed by atoms with Gasteiger partial charge in [0, 0.05) is 5.39 Å². The fourth-order valence-corrected chi connectivity index (χ4v) is 1.63. The first-order chi connectivity index (χ1) is 7.67. The van der Waals surface area contributed by atoms with Crippen molar-refractivity contribution >= 4 is 10.8 Å². The molecule has 2 aromatic rings. The number of fused-ring (bicyclic) bond motifs is 1. The molecule has 16 heavy (non-hydrogen) atoms. The summed E-state index contributed by atoms with van der Waals surface area (Å²) in [7, 11) is 1.43. The number of benzene rings is 2. The van der Waals surface area contributed by atoms with E-state index in [1.54, 1.807) is 0 Å². The Bertz CT molecular complexity index is 602. The van der Waals surface area contributed by atoms with E-state index in [1.807, 2.05) is 6.07 Å². The third kappa shape index (κ3) is 1.43. The van der Waals surface area contributed by atoms with Crippen LogP contribution in [-0.4, -0.2) is 12.2 Å². The number of ether oxygens (including phenoxy) is 1. The van der Waals surface area contributed by atoms with Gasteiger partial charge in [-0.05, 0) is 24.3 Å². The molecule has 0 radical (unpaired) electrons. The SMILES string of the molecule is COc1ccc(F)c2cc(C#N)cc(O)c12. The average molecular weight is 217 g/mol. The number of phenolic OH excluding ortho intramolecular Hbond substituents is 1. The van der Waals surface area contributed by atoms with Crippen LogP contribution in [0, 0.1) is 17.1 Å². The zero-order valence-electron chi connectivity index (χ0n) is 8.49. The van der Waals surface area contributed by atoms with E-state index in [0.717, 1.165) is 0 Å². The van der Waals surface area contributed by atoms with Crippen LogP contribution in [0.2, 0.25) is 0 Å². The topological polar surface area (TPSA) is 53.2 Å². The summed E-state index contributed by atoms with van der Waals surface area (Å²) in [5.74, 6) is -0.285. The monoisotopic (exact) mass is 217 g/mol. The quantitative estimate of drug-likeness (QED) is 0.798. The molecule has 0 aromatic heterocycles. The first kappa shape index (κ1) is 10.2. The molecule has 0 bridgehead atoms. The molecule has 80 valence electrons. The summed E-state index contributed by atoms with van der Waals surface area (Å²) in [6.45, 7) is 0. The van der Waals surface area contributed by atoms with Crippen molar-refractivity contribution in [3.63, 3.8) is 0 Å². The van der Waals surface area contributed by atoms with Gasteiger partial charge in [0.05, 0.1) is 24.1 Å². The maximum Gasteiger partial charge on any atom is 0.131 e. The van der Waals surface area contributed by atoms with Gasteiger partial charge in [-0.15, -0.1) is 0 Å². The van der Waals surface area contributed by atoms with Gasteiger partial charge in [0.1, 0.15) is 17.3 Å². The van der Waals surface area contributed by atoms with E-state index in [0.29, 0.717) is 5.75 Å². The highest BCUT2D eigenvalue weighted by Crippen LogP contribution is 2.35. The van der Waals surface area contributed by atoms with Crippen LogP contribution in [-0.2, 0) is 0 Å². The number of nitriles is 1. The lowest BCUT2D eigenvalue weighted by Crippen LogP contribution is -1.89. The first-order valence-electron chi connectivity index (χ1n) is 4.56. The molecule has 0 heterocycles. The number of nitrogens with zero attached hydrogens (tertiary/aromatic N) is 1. The van der Waals surface area contributed by atoms with Gasteiger partial charge in [-0.25, -0.2) is 4.39 Å². The molecule has 0 aliphatic heterocycles. The van der Waals surface area contributed by atoms with Gasteiger partial charge >= 0.3 is 0 Å². The normalized spacial score (nSPS) is 10.1. The zero-order chi connectivity index (χ0) is 11.7. The van der Waals surface area contributed by atoms with Crippen LogP contribution in [0.1, 0.15) is 5.56 Å². The molecule has 0 aliphatic rings. The van der Waals surface area contributed by atoms with Crippen LogP contribution in [0.5, 0.6) is 11.5 Å². The summed E-state index contributed by atoms with van der Waals surface area (Å²) in [5, 5.41) is 18.9. The van der Waals surface area contributed by atoms with E-state index in [4.69, 9.17) is 10.00 Å². The maximum absolute atomic E-state index is 13.5. The summed E-state index contributed by atoms with van der Waals surface area (Å²) in [4.78, 5) is 0. The van der Waals surface area contributed by atoms with Crippen molar-refractivity contribution in [2.24, 2.45) is 0 Å². The smallest absolute Gasteiger partial charge is 0.131 e. The standard InChI is InChI=1S/C12H8FNO2/c1-16-11-3-2-9(13)8-4-7(6-14)5-10(15)12(8)11/h2-5,15H,1H3. The number of halogens is 1. The molecule has 0 spiro atoms. The van der Waals surface area contributed by atoms with Crippen LogP contribution >= 0.6 is 0 Å². The van der Waals surface area contributed by atoms with E-state index >= 15 is 0 Å². The third-order valence-electron chi connectivity index (χ3n) is 2.35. The second-order valence-corrected chi connectivity index (χ2v) is 3.28. The van der Waals surface area contributed by atoms with E-state index in [9.17, 15) is 9.50 Å². The molecule has 1 N–H and O–H groups in total. The van der Waals surface area contributed by atoms with Crippen LogP contribution < -0.4 is 4.74 Å². The highest BCUT2D eigenvalue weighted by molar-refractivity contribution is 5.95. The average Bonchev–Trinajstić information content (AvgIpc) is 2.30. The van der Waals surface area contributed by atoms with Gasteiger partial charge in [0.15, 0.2) is 0 Å². The Hall–Kier alpha value is -2.28. The minimum absolute atomic E-state index is 0.162. The fraction of sp³-hybridized carbons (Fsp3) is 0.0833. The summed E-state index contributed by atoms with van der Waals surface area (Å²) < 4.78 is 18.6. The summed E-state index contributed by atoms with van der Waals surface area (Å²) >= 11 is 0. The third-order valence-corrected chi connectivity index (χ3v) is 2.35. The van der Waals surface area contributed by atoms with Gasteiger partial charge in [0.2, 0.25) is 0 Å². The Labute approximate surface area is 91.3 Å². The molecule has 0 unspecified atom stereocenters. The van der Waals surface area contributed by atoms with E-state index in [2.05, 4.69) is 0 Å². The fourth-order valence-electron chi connectivity index (χ4n) is 1.63. The van der Waals surface area contributed by atoms with Crippen LogP contribution in [0.4, 0.5) is 4.39 Å². The number of rotatable bonds is 1. The molecular weight excluding hydrogens is 209 g/mol. The Morgan fingerprint density at radius 2 is 2.12 bits per heavy atom. The maximum atomic E-state index is 13.5. The summed E-state index contributed by atoms with van der Waals surface area (Å²) in [6.07, 6.45) is 0. The van der Waals surface area contributed by atoms with Crippen molar-refractivity contribution in [2.75, 3.05) is 7.11 Å². The van der Waals surface area contributed by atoms with Gasteiger partial charge in [-0.3, -0.25) is 0 Å². The summed E-state index contributed by atoms with van der Waals surface area (Å²) in [6, 6.07) is 7.19. The van der Waals surface area contributed by atoms with Crippen LogP contribution in [0.3, 0.4) is 0 Å². The molecular formula is C12H8FNO2. The predicted octanol–water partition coefficient (Wildman–Crippen LogP) is 2.56. The molecule has 0 aliphatic carbocycles. The lowest BCUT2D eigenvalue weighted by molar-refractivity contribution is 0.415. The predicted molar refractivity (Wildman–Crippen MR) is 56.8 cm³/mol. The lowest BCUT2D eigenvalue weighted by Gasteiger charge is -2.08. The Balaban J connectivity index is 2.93. The Morgan fingerprint density at radius 1 is 1.38 bits per heavy atom. The first-order valence-corrected chi connectivity index (χ1v) is 4.56. The van der Waals surface area contributed by atoms with E-state index in [-0.39, 0.29) is 22.1 Å². The number of hydrogen-bond donors (Lipinski definition) is 1. The molecule has 0 amide bonds. The van der Waals surface area contributed by atoms with Gasteiger partial charge in [-0.1, -0.05) is 0 Å². The highest BCUT2D eigenvalue weighted by atomic mass is 19.1. The van der Waals surface area contributed by atoms with Gasteiger partial charge < -0.3 is 9.84 Å². The second kappa shape index (κ2) is 3.70. The second-order valence-electron chi connectivity index (χ2n) is 3.28. The summed E-state index contributed by atoms with van der Waals surface area (Å²) in [5.41, 5.74) is 0.206. The molecule has 2 rings (SSSR count). The van der Waals surface area contributed by atoms with Gasteiger partial charge in [0.25, 0.3) is 0 Å². The van der Waals surface area contributed by atoms with Crippen molar-refractivity contribution in [2.45, 2.75) is 0 Å². The molecule has 0 fully saturated rings. The number of hydrogen-bond acceptors (Lipinski definition) is 3. The molecule has 0 saturated carbocycles. The molecule has 3 nitrogen and oxygen atoms in total. The van der Waals surface area contributed by atoms with E-state index < -0.39 is 5.82 Å². The largest absolute Gasteiger partial charge is 0.507 e. The van der Waals surface area contributed by atoms with Crippen LogP contribution in [0.15, 0.2) is 24.3 Å². The lowest BCUT2D eigenvalue weighted by atomic mass is 10.0. The minimum Gasteiger partial charge on any atom is -0.507 e. The number of aromatic hydroxyl groups is 1. The molecule has 0 saturated heterocycles. The van der Waals surface area contributed by atoms with Crippen molar-refractivity contribution in [3.8, 4) is 17.6 Å². The zero-order valence-corrected chi connectivity index (χ0v) is 8.49. The van der Waals surface area contributed by atoms with Crippen LogP contribution in [0.25, 0.3) is 10.8 Å². The molecule has 2 aromatic carbocycles. The molecule has 0 atom stereocenters. The molecule has 4 heteroatoms.